The van der Waals surface area contributed by atoms with Crippen LogP contribution in [0.25, 0.3) is 0 Å². The van der Waals surface area contributed by atoms with E-state index in [1.54, 1.807) is 0 Å². The van der Waals surface area contributed by atoms with Crippen molar-refractivity contribution in [3.05, 3.63) is 34.6 Å². The number of nitrogens with zero attached hydrogens (tertiary/aromatic N) is 2. The van der Waals surface area contributed by atoms with Crippen molar-refractivity contribution in [1.29, 1.82) is 5.26 Å². The third-order valence-corrected chi connectivity index (χ3v) is 2.82. The maximum atomic E-state index is 13.3. The van der Waals surface area contributed by atoms with E-state index in [1.165, 1.54) is 24.1 Å². The molecule has 0 bridgehead atoms. The summed E-state index contributed by atoms with van der Waals surface area (Å²) in [5.41, 5.74) is 0.205. The maximum absolute atomic E-state index is 13.3. The molecule has 0 heterocycles. The first kappa shape index (κ1) is 15.4. The highest BCUT2D eigenvalue weighted by Crippen LogP contribution is 2.16. The van der Waals surface area contributed by atoms with Crippen LogP contribution in [0.5, 0.6) is 0 Å². The number of carbonyl (C=O) groups is 1. The van der Waals surface area contributed by atoms with Gasteiger partial charge in [-0.3, -0.25) is 4.79 Å². The monoisotopic (exact) mass is 284 g/mol. The van der Waals surface area contributed by atoms with Gasteiger partial charge in [0.25, 0.3) is 5.91 Å². The van der Waals surface area contributed by atoms with Crippen LogP contribution < -0.4 is 0 Å². The van der Waals surface area contributed by atoms with Crippen molar-refractivity contribution < 1.29 is 13.9 Å². The Morgan fingerprint density at radius 3 is 2.84 bits per heavy atom. The molecular formula is C13H14ClFN2O2. The first-order valence-corrected chi connectivity index (χ1v) is 6.08. The Bertz CT molecular complexity index is 488. The van der Waals surface area contributed by atoms with Crippen molar-refractivity contribution in [3.63, 3.8) is 0 Å². The summed E-state index contributed by atoms with van der Waals surface area (Å²) in [6.07, 6.45) is 0.214. The summed E-state index contributed by atoms with van der Waals surface area (Å²) in [5.74, 6) is -0.984. The number of hydrogen-bond donors (Lipinski definition) is 0. The van der Waals surface area contributed by atoms with Crippen LogP contribution in [-0.4, -0.2) is 37.6 Å². The molecule has 0 atom stereocenters. The Kier molecular flexibility index (Phi) is 6.26. The van der Waals surface area contributed by atoms with Crippen molar-refractivity contribution in [2.75, 3.05) is 26.8 Å². The SMILES string of the molecule is COCCN(CCC#N)C(=O)c1ccc(Cl)c(F)c1. The van der Waals surface area contributed by atoms with Gasteiger partial charge in [0, 0.05) is 25.8 Å². The molecule has 0 saturated heterocycles. The van der Waals surface area contributed by atoms with Crippen molar-refractivity contribution in [3.8, 4) is 6.07 Å². The topological polar surface area (TPSA) is 53.3 Å². The van der Waals surface area contributed by atoms with Gasteiger partial charge in [0.1, 0.15) is 5.82 Å². The van der Waals surface area contributed by atoms with Gasteiger partial charge in [-0.2, -0.15) is 5.26 Å². The van der Waals surface area contributed by atoms with Gasteiger partial charge in [-0.05, 0) is 18.2 Å². The van der Waals surface area contributed by atoms with E-state index in [1.807, 2.05) is 6.07 Å². The number of methoxy groups -OCH3 is 1. The number of rotatable bonds is 6. The van der Waals surface area contributed by atoms with Gasteiger partial charge in [-0.25, -0.2) is 4.39 Å². The molecule has 1 aromatic carbocycles. The second-order valence-corrected chi connectivity index (χ2v) is 4.23. The summed E-state index contributed by atoms with van der Waals surface area (Å²) in [7, 11) is 1.52. The number of nitriles is 1. The van der Waals surface area contributed by atoms with Gasteiger partial charge in [0.05, 0.1) is 24.1 Å². The van der Waals surface area contributed by atoms with Crippen LogP contribution in [0, 0.1) is 17.1 Å². The molecule has 102 valence electrons. The lowest BCUT2D eigenvalue weighted by Gasteiger charge is -2.21. The number of halogens is 2. The molecular weight excluding hydrogens is 271 g/mol. The summed E-state index contributed by atoms with van der Waals surface area (Å²) < 4.78 is 18.2. The zero-order valence-corrected chi connectivity index (χ0v) is 11.3. The van der Waals surface area contributed by atoms with Crippen molar-refractivity contribution >= 4 is 17.5 Å². The summed E-state index contributed by atoms with van der Waals surface area (Å²) in [4.78, 5) is 13.6. The minimum absolute atomic E-state index is 0.0305. The Hall–Kier alpha value is -1.64. The summed E-state index contributed by atoms with van der Waals surface area (Å²) in [6.45, 7) is 0.984. The normalized spacial score (nSPS) is 10.0. The number of amides is 1. The fourth-order valence-electron chi connectivity index (χ4n) is 1.51. The number of hydrogen-bond acceptors (Lipinski definition) is 3. The van der Waals surface area contributed by atoms with Crippen LogP contribution in [0.3, 0.4) is 0 Å². The van der Waals surface area contributed by atoms with Crippen LogP contribution in [0.1, 0.15) is 16.8 Å². The van der Waals surface area contributed by atoms with Gasteiger partial charge in [-0.1, -0.05) is 11.6 Å². The molecule has 6 heteroatoms. The van der Waals surface area contributed by atoms with E-state index in [4.69, 9.17) is 21.6 Å². The van der Waals surface area contributed by atoms with E-state index in [2.05, 4.69) is 0 Å². The third-order valence-electron chi connectivity index (χ3n) is 2.51. The highest BCUT2D eigenvalue weighted by molar-refractivity contribution is 6.30. The van der Waals surface area contributed by atoms with Crippen molar-refractivity contribution in [2.45, 2.75) is 6.42 Å². The van der Waals surface area contributed by atoms with E-state index < -0.39 is 5.82 Å². The van der Waals surface area contributed by atoms with Crippen molar-refractivity contribution in [1.82, 2.24) is 4.90 Å². The van der Waals surface area contributed by atoms with E-state index in [9.17, 15) is 9.18 Å². The molecule has 1 amide bonds. The van der Waals surface area contributed by atoms with Gasteiger partial charge < -0.3 is 9.64 Å². The lowest BCUT2D eigenvalue weighted by atomic mass is 10.2. The number of benzene rings is 1. The molecule has 0 radical (unpaired) electrons. The molecule has 0 fully saturated rings. The van der Waals surface area contributed by atoms with E-state index in [0.29, 0.717) is 13.2 Å². The minimum atomic E-state index is -0.639. The quantitative estimate of drug-likeness (QED) is 0.806. The fraction of sp³-hybridized carbons (Fsp3) is 0.385. The molecule has 0 aliphatic rings. The van der Waals surface area contributed by atoms with Crippen LogP contribution in [0.2, 0.25) is 5.02 Å². The van der Waals surface area contributed by atoms with E-state index in [0.717, 1.165) is 6.07 Å². The summed E-state index contributed by atoms with van der Waals surface area (Å²) in [6, 6.07) is 5.86. The Morgan fingerprint density at radius 2 is 2.26 bits per heavy atom. The molecule has 1 aromatic rings. The molecule has 0 saturated carbocycles. The molecule has 0 aliphatic carbocycles. The zero-order valence-electron chi connectivity index (χ0n) is 10.5. The predicted octanol–water partition coefficient (Wildman–Crippen LogP) is 2.48. The maximum Gasteiger partial charge on any atom is 0.254 e. The Balaban J connectivity index is 2.84. The van der Waals surface area contributed by atoms with Crippen molar-refractivity contribution in [2.24, 2.45) is 0 Å². The fourth-order valence-corrected chi connectivity index (χ4v) is 1.63. The standard InChI is InChI=1S/C13H14ClFN2O2/c1-19-8-7-17(6-2-5-16)13(18)10-3-4-11(14)12(15)9-10/h3-4,9H,2,6-8H2,1H3. The minimum Gasteiger partial charge on any atom is -0.383 e. The zero-order chi connectivity index (χ0) is 14.3. The molecule has 19 heavy (non-hydrogen) atoms. The molecule has 0 aliphatic heterocycles. The van der Waals surface area contributed by atoms with Crippen LogP contribution in [-0.2, 0) is 4.74 Å². The first-order valence-electron chi connectivity index (χ1n) is 5.70. The highest BCUT2D eigenvalue weighted by atomic mass is 35.5. The van der Waals surface area contributed by atoms with Crippen LogP contribution in [0.15, 0.2) is 18.2 Å². The second kappa shape index (κ2) is 7.72. The molecule has 4 nitrogen and oxygen atoms in total. The second-order valence-electron chi connectivity index (χ2n) is 3.82. The Labute approximate surface area is 116 Å². The first-order chi connectivity index (χ1) is 9.10. The smallest absolute Gasteiger partial charge is 0.254 e. The lowest BCUT2D eigenvalue weighted by molar-refractivity contribution is 0.0699. The van der Waals surface area contributed by atoms with E-state index >= 15 is 0 Å². The van der Waals surface area contributed by atoms with Gasteiger partial charge in [-0.15, -0.1) is 0 Å². The van der Waals surface area contributed by atoms with Crippen LogP contribution in [0.4, 0.5) is 4.39 Å². The Morgan fingerprint density at radius 1 is 1.53 bits per heavy atom. The van der Waals surface area contributed by atoms with Gasteiger partial charge in [0.2, 0.25) is 0 Å². The number of carbonyl (C=O) groups excluding carboxylic acids is 1. The molecule has 0 aromatic heterocycles. The third kappa shape index (κ3) is 4.51. The largest absolute Gasteiger partial charge is 0.383 e. The molecule has 0 spiro atoms. The molecule has 1 rings (SSSR count). The molecule has 0 unspecified atom stereocenters. The predicted molar refractivity (Wildman–Crippen MR) is 69.4 cm³/mol. The van der Waals surface area contributed by atoms with E-state index in [-0.39, 0.29) is 29.5 Å². The molecule has 0 N–H and O–H groups in total. The average Bonchev–Trinajstić information content (AvgIpc) is 2.41. The highest BCUT2D eigenvalue weighted by Gasteiger charge is 2.16. The van der Waals surface area contributed by atoms with Gasteiger partial charge >= 0.3 is 0 Å². The summed E-state index contributed by atoms with van der Waals surface area (Å²) >= 11 is 5.57. The van der Waals surface area contributed by atoms with Crippen LogP contribution >= 0.6 is 11.6 Å². The number of ether oxygens (including phenoxy) is 1. The lowest BCUT2D eigenvalue weighted by Crippen LogP contribution is -2.34. The summed E-state index contributed by atoms with van der Waals surface area (Å²) in [5, 5.41) is 8.55. The average molecular weight is 285 g/mol. The van der Waals surface area contributed by atoms with Gasteiger partial charge in [0.15, 0.2) is 0 Å².